The topological polar surface area (TPSA) is 111 Å². The molecule has 2 heterocycles. The average Bonchev–Trinajstić information content (AvgIpc) is 2.72. The number of nitrogens with zero attached hydrogens (tertiary/aromatic N) is 1. The number of H-pyrrole nitrogens is 1. The van der Waals surface area contributed by atoms with E-state index in [1.165, 1.54) is 10.8 Å². The minimum absolute atomic E-state index is 0.00302. The molecule has 0 spiro atoms. The van der Waals surface area contributed by atoms with Crippen LogP contribution in [0.25, 0.3) is 0 Å². The van der Waals surface area contributed by atoms with Crippen LogP contribution in [0, 0.1) is 12.8 Å². The second-order valence-electron chi connectivity index (χ2n) is 4.90. The molecule has 1 aliphatic heterocycles. The van der Waals surface area contributed by atoms with Crippen molar-refractivity contribution in [1.82, 2.24) is 9.55 Å². The third-order valence-electron chi connectivity index (χ3n) is 3.37. The van der Waals surface area contributed by atoms with Crippen LogP contribution in [0.2, 0.25) is 0 Å². The van der Waals surface area contributed by atoms with Crippen LogP contribution in [0.3, 0.4) is 0 Å². The van der Waals surface area contributed by atoms with E-state index in [0.29, 0.717) is 12.0 Å². The highest BCUT2D eigenvalue weighted by atomic mass is 31.1. The van der Waals surface area contributed by atoms with Crippen molar-refractivity contribution in [2.45, 2.75) is 32.6 Å². The van der Waals surface area contributed by atoms with E-state index in [1.54, 1.807) is 6.92 Å². The van der Waals surface area contributed by atoms with Crippen LogP contribution in [0.1, 0.15) is 25.1 Å². The monoisotopic (exact) mass is 304 g/mol. The van der Waals surface area contributed by atoms with Gasteiger partial charge in [0.05, 0.1) is 12.7 Å². The minimum Gasteiger partial charge on any atom is -0.352 e. The Balaban J connectivity index is 2.16. The number of nitrogens with one attached hydrogen (secondary N) is 1. The van der Waals surface area contributed by atoms with Gasteiger partial charge in [-0.1, -0.05) is 6.92 Å². The first kappa shape index (κ1) is 15.2. The van der Waals surface area contributed by atoms with E-state index in [2.05, 4.69) is 9.51 Å². The molecular formula is C11H17N2O6P. The molecule has 2 N–H and O–H groups in total. The van der Waals surface area contributed by atoms with Crippen molar-refractivity contribution in [2.75, 3.05) is 6.61 Å². The van der Waals surface area contributed by atoms with Gasteiger partial charge in [-0.2, -0.15) is 0 Å². The molecule has 0 radical (unpaired) electrons. The van der Waals surface area contributed by atoms with Crippen LogP contribution < -0.4 is 11.2 Å². The number of hydrogen-bond donors (Lipinski definition) is 2. The summed E-state index contributed by atoms with van der Waals surface area (Å²) in [6, 6.07) is 0. The fraction of sp³-hybridized carbons (Fsp3) is 0.636. The van der Waals surface area contributed by atoms with E-state index in [-0.39, 0.29) is 18.6 Å². The van der Waals surface area contributed by atoms with Crippen molar-refractivity contribution in [3.63, 3.8) is 0 Å². The van der Waals surface area contributed by atoms with Crippen molar-refractivity contribution in [3.05, 3.63) is 32.6 Å². The molecule has 0 aromatic carbocycles. The molecule has 8 nitrogen and oxygen atoms in total. The number of aryl methyl sites for hydroxylation is 1. The minimum atomic E-state index is -2.99. The van der Waals surface area contributed by atoms with Crippen LogP contribution in [0.5, 0.6) is 0 Å². The Morgan fingerprint density at radius 3 is 2.95 bits per heavy atom. The normalized spacial score (nSPS) is 27.6. The van der Waals surface area contributed by atoms with Crippen LogP contribution in [-0.2, 0) is 13.8 Å². The van der Waals surface area contributed by atoms with Crippen molar-refractivity contribution < 1.29 is 18.7 Å². The summed E-state index contributed by atoms with van der Waals surface area (Å²) < 4.78 is 22.2. The Morgan fingerprint density at radius 2 is 2.30 bits per heavy atom. The second kappa shape index (κ2) is 6.05. The largest absolute Gasteiger partial charge is 0.352 e. The van der Waals surface area contributed by atoms with E-state index >= 15 is 0 Å². The Bertz CT molecular complexity index is 624. The molecule has 0 saturated carbocycles. The van der Waals surface area contributed by atoms with E-state index < -0.39 is 25.7 Å². The maximum absolute atomic E-state index is 11.8. The number of rotatable bonds is 4. The van der Waals surface area contributed by atoms with E-state index in [0.717, 1.165) is 0 Å². The SMILES string of the molecule is Cc1cn(C2CC(C)C(CO[PH](=O)O)O2)c(=O)[nH]c1=O. The molecule has 4 atom stereocenters. The van der Waals surface area contributed by atoms with Gasteiger partial charge in [0.25, 0.3) is 5.56 Å². The Morgan fingerprint density at radius 1 is 1.60 bits per heavy atom. The van der Waals surface area contributed by atoms with Crippen LogP contribution >= 0.6 is 8.25 Å². The van der Waals surface area contributed by atoms with Gasteiger partial charge in [-0.25, -0.2) is 4.79 Å². The quantitative estimate of drug-likeness (QED) is 0.767. The predicted molar refractivity (Wildman–Crippen MR) is 70.9 cm³/mol. The fourth-order valence-electron chi connectivity index (χ4n) is 2.20. The van der Waals surface area contributed by atoms with E-state index in [4.69, 9.17) is 9.63 Å². The summed E-state index contributed by atoms with van der Waals surface area (Å²) in [5, 5.41) is 0. The van der Waals surface area contributed by atoms with E-state index in [9.17, 15) is 14.2 Å². The Hall–Kier alpha value is -1.21. The van der Waals surface area contributed by atoms with Crippen LogP contribution in [0.4, 0.5) is 0 Å². The lowest BCUT2D eigenvalue weighted by atomic mass is 10.0. The van der Waals surface area contributed by atoms with E-state index in [1.807, 2.05) is 6.92 Å². The molecule has 0 amide bonds. The van der Waals surface area contributed by atoms with Gasteiger partial charge in [-0.3, -0.25) is 18.9 Å². The lowest BCUT2D eigenvalue weighted by Crippen LogP contribution is -2.33. The fourth-order valence-corrected chi connectivity index (χ4v) is 2.50. The maximum atomic E-state index is 11.8. The first-order chi connectivity index (χ1) is 9.38. The highest BCUT2D eigenvalue weighted by molar-refractivity contribution is 7.32. The van der Waals surface area contributed by atoms with Gasteiger partial charge >= 0.3 is 13.9 Å². The summed E-state index contributed by atoms with van der Waals surface area (Å²) in [5.41, 5.74) is -0.535. The van der Waals surface area contributed by atoms with Gasteiger partial charge in [0.1, 0.15) is 6.23 Å². The molecular weight excluding hydrogens is 287 g/mol. The molecule has 9 heteroatoms. The Labute approximate surface area is 115 Å². The molecule has 1 aliphatic rings. The number of aromatic nitrogens is 2. The summed E-state index contributed by atoms with van der Waals surface area (Å²) in [7, 11) is -2.99. The van der Waals surface area contributed by atoms with Gasteiger partial charge in [0.2, 0.25) is 0 Å². The number of ether oxygens (including phenoxy) is 1. The lowest BCUT2D eigenvalue weighted by Gasteiger charge is -2.16. The van der Waals surface area contributed by atoms with Gasteiger partial charge in [0.15, 0.2) is 0 Å². The molecule has 1 saturated heterocycles. The van der Waals surface area contributed by atoms with Crippen molar-refractivity contribution in [2.24, 2.45) is 5.92 Å². The zero-order valence-corrected chi connectivity index (χ0v) is 12.2. The molecule has 4 unspecified atom stereocenters. The summed E-state index contributed by atoms with van der Waals surface area (Å²) in [4.78, 5) is 34.0. The zero-order valence-electron chi connectivity index (χ0n) is 11.2. The van der Waals surface area contributed by atoms with Gasteiger partial charge < -0.3 is 14.2 Å². The molecule has 0 aliphatic carbocycles. The molecule has 20 heavy (non-hydrogen) atoms. The molecule has 2 rings (SSSR count). The van der Waals surface area contributed by atoms with Gasteiger partial charge in [-0.05, 0) is 19.3 Å². The Kier molecular flexibility index (Phi) is 4.59. The smallest absolute Gasteiger partial charge is 0.330 e. The molecule has 112 valence electrons. The van der Waals surface area contributed by atoms with Crippen molar-refractivity contribution in [1.29, 1.82) is 0 Å². The van der Waals surface area contributed by atoms with Gasteiger partial charge in [0, 0.05) is 11.8 Å². The molecule has 1 aromatic heterocycles. The molecule has 1 aromatic rings. The second-order valence-corrected chi connectivity index (χ2v) is 5.72. The summed E-state index contributed by atoms with van der Waals surface area (Å²) in [5.74, 6) is 0.0699. The summed E-state index contributed by atoms with van der Waals surface area (Å²) in [6.07, 6.45) is 1.14. The lowest BCUT2D eigenvalue weighted by molar-refractivity contribution is -0.0268. The highest BCUT2D eigenvalue weighted by Crippen LogP contribution is 2.33. The summed E-state index contributed by atoms with van der Waals surface area (Å²) in [6.45, 7) is 3.51. The van der Waals surface area contributed by atoms with Crippen LogP contribution in [-0.4, -0.2) is 27.2 Å². The average molecular weight is 304 g/mol. The molecule has 0 bridgehead atoms. The standard InChI is InChI=1S/C11H17N2O6P/c1-6-3-9(19-8(6)5-18-20(16)17)13-4-7(2)10(14)12-11(13)15/h4,6,8-9,20H,3,5H2,1-2H3,(H,16,17)(H,12,14,15). The van der Waals surface area contributed by atoms with Crippen LogP contribution in [0.15, 0.2) is 15.8 Å². The third kappa shape index (κ3) is 3.27. The highest BCUT2D eigenvalue weighted by Gasteiger charge is 2.34. The number of hydrogen-bond acceptors (Lipinski definition) is 5. The first-order valence-corrected chi connectivity index (χ1v) is 7.48. The zero-order chi connectivity index (χ0) is 14.9. The molecule has 1 fully saturated rings. The van der Waals surface area contributed by atoms with Gasteiger partial charge in [-0.15, -0.1) is 0 Å². The van der Waals surface area contributed by atoms with Crippen molar-refractivity contribution in [3.8, 4) is 0 Å². The number of aromatic amines is 1. The summed E-state index contributed by atoms with van der Waals surface area (Å²) >= 11 is 0. The predicted octanol–water partition coefficient (Wildman–Crippen LogP) is 0.167. The maximum Gasteiger partial charge on any atom is 0.330 e. The first-order valence-electron chi connectivity index (χ1n) is 6.21. The third-order valence-corrected chi connectivity index (χ3v) is 3.78. The van der Waals surface area contributed by atoms with Crippen molar-refractivity contribution >= 4 is 8.25 Å².